The molecular formula is C14H21FO5. The molecule has 0 heterocycles. The van der Waals surface area contributed by atoms with E-state index < -0.39 is 5.82 Å². The summed E-state index contributed by atoms with van der Waals surface area (Å²) in [6, 6.07) is 3.89. The summed E-state index contributed by atoms with van der Waals surface area (Å²) in [6.07, 6.45) is 0.803. The van der Waals surface area contributed by atoms with Crippen LogP contribution in [0.1, 0.15) is 6.42 Å². The first-order chi connectivity index (χ1) is 9.74. The van der Waals surface area contributed by atoms with E-state index in [1.165, 1.54) is 12.1 Å². The molecule has 1 aromatic carbocycles. The van der Waals surface area contributed by atoms with E-state index in [9.17, 15) is 4.39 Å². The Bertz CT molecular complexity index is 373. The Morgan fingerprint density at radius 2 is 1.70 bits per heavy atom. The molecule has 5 nitrogen and oxygen atoms in total. The van der Waals surface area contributed by atoms with Gasteiger partial charge in [-0.05, 0) is 18.6 Å². The van der Waals surface area contributed by atoms with Gasteiger partial charge in [0.15, 0.2) is 11.6 Å². The van der Waals surface area contributed by atoms with Gasteiger partial charge < -0.3 is 24.1 Å². The molecular weight excluding hydrogens is 267 g/mol. The van der Waals surface area contributed by atoms with Crippen molar-refractivity contribution >= 4 is 0 Å². The topological polar surface area (TPSA) is 57.2 Å². The second kappa shape index (κ2) is 10.4. The van der Waals surface area contributed by atoms with Crippen molar-refractivity contribution in [3.05, 3.63) is 24.0 Å². The van der Waals surface area contributed by atoms with Gasteiger partial charge in [-0.15, -0.1) is 0 Å². The Morgan fingerprint density at radius 3 is 2.35 bits per heavy atom. The lowest BCUT2D eigenvalue weighted by Crippen LogP contribution is -2.10. The normalized spacial score (nSPS) is 10.7. The number of hydrogen-bond donors (Lipinski definition) is 1. The van der Waals surface area contributed by atoms with Gasteiger partial charge in [-0.2, -0.15) is 0 Å². The second-order valence-electron chi connectivity index (χ2n) is 4.03. The van der Waals surface area contributed by atoms with E-state index in [-0.39, 0.29) is 5.75 Å². The summed E-state index contributed by atoms with van der Waals surface area (Å²) in [5.41, 5.74) is 0. The molecule has 0 saturated carbocycles. The van der Waals surface area contributed by atoms with Crippen molar-refractivity contribution in [2.24, 2.45) is 0 Å². The Morgan fingerprint density at radius 1 is 1.00 bits per heavy atom. The molecule has 1 aromatic rings. The molecule has 0 saturated heterocycles. The van der Waals surface area contributed by atoms with Crippen LogP contribution < -0.4 is 4.74 Å². The van der Waals surface area contributed by atoms with E-state index in [2.05, 4.69) is 0 Å². The molecule has 0 aromatic heterocycles. The molecule has 0 unspecified atom stereocenters. The molecule has 0 atom stereocenters. The molecule has 0 bridgehead atoms. The minimum absolute atomic E-state index is 0.328. The molecule has 1 rings (SSSR count). The van der Waals surface area contributed by atoms with Crippen molar-refractivity contribution < 1.29 is 28.4 Å². The number of hydrogen-bond acceptors (Lipinski definition) is 5. The van der Waals surface area contributed by atoms with Crippen molar-refractivity contribution in [3.8, 4) is 11.5 Å². The zero-order valence-corrected chi connectivity index (χ0v) is 11.6. The molecule has 0 amide bonds. The van der Waals surface area contributed by atoms with Crippen LogP contribution in [0.4, 0.5) is 4.39 Å². The van der Waals surface area contributed by atoms with Crippen LogP contribution in [0.3, 0.4) is 0 Å². The lowest BCUT2D eigenvalue weighted by Gasteiger charge is -2.08. The fourth-order valence-corrected chi connectivity index (χ4v) is 1.41. The third-order valence-electron chi connectivity index (χ3n) is 2.42. The number of methoxy groups -OCH3 is 1. The summed E-state index contributed by atoms with van der Waals surface area (Å²) in [6.45, 7) is 3.15. The number of ether oxygens (including phenoxy) is 4. The van der Waals surface area contributed by atoms with Gasteiger partial charge in [0.25, 0.3) is 0 Å². The Hall–Kier alpha value is -1.37. The molecule has 0 aliphatic carbocycles. The molecule has 0 spiro atoms. The van der Waals surface area contributed by atoms with Crippen LogP contribution in [0.5, 0.6) is 11.5 Å². The fourth-order valence-electron chi connectivity index (χ4n) is 1.41. The van der Waals surface area contributed by atoms with E-state index in [4.69, 9.17) is 24.1 Å². The van der Waals surface area contributed by atoms with Crippen LogP contribution in [0.25, 0.3) is 0 Å². The van der Waals surface area contributed by atoms with Crippen LogP contribution in [0, 0.1) is 5.82 Å². The largest absolute Gasteiger partial charge is 0.505 e. The third-order valence-corrected chi connectivity index (χ3v) is 2.42. The van der Waals surface area contributed by atoms with Gasteiger partial charge >= 0.3 is 0 Å². The first-order valence-electron chi connectivity index (χ1n) is 6.50. The number of phenols is 1. The van der Waals surface area contributed by atoms with Gasteiger partial charge in [0.2, 0.25) is 0 Å². The number of benzene rings is 1. The number of phenolic OH excluding ortho intramolecular Hbond substituents is 1. The Kier molecular flexibility index (Phi) is 8.69. The minimum Gasteiger partial charge on any atom is -0.505 e. The van der Waals surface area contributed by atoms with Crippen molar-refractivity contribution in [2.45, 2.75) is 6.42 Å². The smallest absolute Gasteiger partial charge is 0.168 e. The van der Waals surface area contributed by atoms with Gasteiger partial charge in [0.1, 0.15) is 12.4 Å². The van der Waals surface area contributed by atoms with E-state index in [0.717, 1.165) is 12.5 Å². The second-order valence-corrected chi connectivity index (χ2v) is 4.03. The summed E-state index contributed by atoms with van der Waals surface area (Å²) in [7, 11) is 1.63. The third kappa shape index (κ3) is 7.28. The summed E-state index contributed by atoms with van der Waals surface area (Å²) in [5.74, 6) is -0.717. The van der Waals surface area contributed by atoms with E-state index >= 15 is 0 Å². The average Bonchev–Trinajstić information content (AvgIpc) is 2.45. The molecule has 0 aliphatic rings. The molecule has 1 N–H and O–H groups in total. The lowest BCUT2D eigenvalue weighted by molar-refractivity contribution is 0.0458. The highest BCUT2D eigenvalue weighted by molar-refractivity contribution is 5.31. The molecule has 6 heteroatoms. The summed E-state index contributed by atoms with van der Waals surface area (Å²) >= 11 is 0. The van der Waals surface area contributed by atoms with E-state index in [1.807, 2.05) is 0 Å². The van der Waals surface area contributed by atoms with Crippen LogP contribution in [0.2, 0.25) is 0 Å². The summed E-state index contributed by atoms with van der Waals surface area (Å²) in [5, 5.41) is 9.01. The van der Waals surface area contributed by atoms with Gasteiger partial charge in [-0.25, -0.2) is 4.39 Å². The highest BCUT2D eigenvalue weighted by atomic mass is 19.1. The van der Waals surface area contributed by atoms with Crippen LogP contribution >= 0.6 is 0 Å². The SMILES string of the molecule is COCCOCCCOCCOc1ccc(O)c(F)c1. The maximum atomic E-state index is 13.0. The first kappa shape index (κ1) is 16.7. The maximum absolute atomic E-state index is 13.0. The molecule has 20 heavy (non-hydrogen) atoms. The highest BCUT2D eigenvalue weighted by Gasteiger charge is 2.02. The van der Waals surface area contributed by atoms with Gasteiger partial charge in [-0.1, -0.05) is 0 Å². The quantitative estimate of drug-likeness (QED) is 0.631. The number of rotatable bonds is 11. The number of aromatic hydroxyl groups is 1. The standard InChI is InChI=1S/C14H21FO5/c1-17-7-8-18-5-2-6-19-9-10-20-12-3-4-14(16)13(15)11-12/h3-4,11,16H,2,5-10H2,1H3. The maximum Gasteiger partial charge on any atom is 0.168 e. The summed E-state index contributed by atoms with van der Waals surface area (Å²) < 4.78 is 33.7. The lowest BCUT2D eigenvalue weighted by atomic mass is 10.3. The predicted octanol–water partition coefficient (Wildman–Crippen LogP) is 1.98. The van der Waals surface area contributed by atoms with Crippen molar-refractivity contribution in [1.29, 1.82) is 0 Å². The van der Waals surface area contributed by atoms with Crippen molar-refractivity contribution in [1.82, 2.24) is 0 Å². The zero-order valence-electron chi connectivity index (χ0n) is 11.6. The highest BCUT2D eigenvalue weighted by Crippen LogP contribution is 2.20. The van der Waals surface area contributed by atoms with Gasteiger partial charge in [0, 0.05) is 26.4 Å². The molecule has 0 radical (unpaired) electrons. The zero-order chi connectivity index (χ0) is 14.6. The van der Waals surface area contributed by atoms with E-state index in [0.29, 0.717) is 45.4 Å². The molecule has 0 fully saturated rings. The molecule has 0 aliphatic heterocycles. The van der Waals surface area contributed by atoms with Crippen LogP contribution in [-0.4, -0.2) is 51.9 Å². The fraction of sp³-hybridized carbons (Fsp3) is 0.571. The Balaban J connectivity index is 1.95. The average molecular weight is 288 g/mol. The van der Waals surface area contributed by atoms with Crippen LogP contribution in [0.15, 0.2) is 18.2 Å². The predicted molar refractivity (Wildman–Crippen MR) is 71.7 cm³/mol. The Labute approximate surface area is 118 Å². The van der Waals surface area contributed by atoms with Crippen LogP contribution in [-0.2, 0) is 14.2 Å². The first-order valence-corrected chi connectivity index (χ1v) is 6.50. The molecule has 114 valence electrons. The van der Waals surface area contributed by atoms with E-state index in [1.54, 1.807) is 7.11 Å². The van der Waals surface area contributed by atoms with Crippen molar-refractivity contribution in [2.75, 3.05) is 46.8 Å². The minimum atomic E-state index is -0.698. The number of halogens is 1. The summed E-state index contributed by atoms with van der Waals surface area (Å²) in [4.78, 5) is 0. The van der Waals surface area contributed by atoms with Crippen molar-refractivity contribution in [3.63, 3.8) is 0 Å². The van der Waals surface area contributed by atoms with Gasteiger partial charge in [-0.3, -0.25) is 0 Å². The monoisotopic (exact) mass is 288 g/mol. The van der Waals surface area contributed by atoms with Gasteiger partial charge in [0.05, 0.1) is 19.8 Å².